The van der Waals surface area contributed by atoms with Gasteiger partial charge in [-0.05, 0) is 44.5 Å². The van der Waals surface area contributed by atoms with Gasteiger partial charge in [0, 0.05) is 10.7 Å². The summed E-state index contributed by atoms with van der Waals surface area (Å²) in [5.41, 5.74) is 0.0924. The second-order valence-electron chi connectivity index (χ2n) is 7.46. The van der Waals surface area contributed by atoms with Gasteiger partial charge >= 0.3 is 0 Å². The number of aliphatic hydroxyl groups excluding tert-OH is 1. The highest BCUT2D eigenvalue weighted by atomic mass is 35.5. The van der Waals surface area contributed by atoms with Crippen molar-refractivity contribution >= 4 is 27.4 Å². The van der Waals surface area contributed by atoms with Gasteiger partial charge in [0.2, 0.25) is 0 Å². The molecule has 1 saturated heterocycles. The van der Waals surface area contributed by atoms with Gasteiger partial charge in [-0.15, -0.1) is 0 Å². The number of ketones is 1. The van der Waals surface area contributed by atoms with Gasteiger partial charge in [-0.3, -0.25) is 9.10 Å². The summed E-state index contributed by atoms with van der Waals surface area (Å²) < 4.78 is 28.1. The number of aliphatic hydroxyl groups is 1. The summed E-state index contributed by atoms with van der Waals surface area (Å²) in [7, 11) is -4.11. The summed E-state index contributed by atoms with van der Waals surface area (Å²) in [5.74, 6) is -0.502. The molecule has 2 atom stereocenters. The van der Waals surface area contributed by atoms with E-state index in [9.17, 15) is 18.3 Å². The van der Waals surface area contributed by atoms with Crippen LogP contribution in [0.4, 0.5) is 0 Å². The van der Waals surface area contributed by atoms with E-state index in [0.29, 0.717) is 5.56 Å². The van der Waals surface area contributed by atoms with Crippen LogP contribution in [-0.4, -0.2) is 29.7 Å². The number of nitrogens with zero attached hydrogens (tertiary/aromatic N) is 1. The lowest BCUT2D eigenvalue weighted by atomic mass is 9.75. The van der Waals surface area contributed by atoms with Crippen LogP contribution in [0.3, 0.4) is 0 Å². The van der Waals surface area contributed by atoms with Crippen LogP contribution in [0.15, 0.2) is 65.7 Å². The van der Waals surface area contributed by atoms with Gasteiger partial charge in [-0.1, -0.05) is 54.1 Å². The van der Waals surface area contributed by atoms with Crippen LogP contribution >= 0.6 is 11.6 Å². The minimum absolute atomic E-state index is 0.0497. The Hall–Kier alpha value is -2.15. The molecule has 7 heteroatoms. The number of allylic oxidation sites excluding steroid dienone is 1. The van der Waals surface area contributed by atoms with Crippen LogP contribution in [0.25, 0.3) is 0 Å². The molecule has 0 radical (unpaired) electrons. The lowest BCUT2D eigenvalue weighted by Crippen LogP contribution is -2.55. The molecule has 28 heavy (non-hydrogen) atoms. The van der Waals surface area contributed by atoms with E-state index in [2.05, 4.69) is 6.58 Å². The van der Waals surface area contributed by atoms with Crippen molar-refractivity contribution in [3.05, 3.63) is 77.0 Å². The van der Waals surface area contributed by atoms with Crippen molar-refractivity contribution in [2.75, 3.05) is 0 Å². The van der Waals surface area contributed by atoms with Crippen LogP contribution in [0, 0.1) is 12.3 Å². The van der Waals surface area contributed by atoms with Crippen molar-refractivity contribution < 1.29 is 18.3 Å². The molecule has 5 nitrogen and oxygen atoms in total. The molecule has 1 aliphatic heterocycles. The molecular formula is C21H22ClNO4S. The van der Waals surface area contributed by atoms with E-state index in [-0.39, 0.29) is 15.6 Å². The first-order valence-corrected chi connectivity index (χ1v) is 10.6. The maximum atomic E-state index is 13.5. The summed E-state index contributed by atoms with van der Waals surface area (Å²) in [4.78, 5) is 12.9. The highest BCUT2D eigenvalue weighted by Gasteiger charge is 2.53. The maximum Gasteiger partial charge on any atom is 0.264 e. The lowest BCUT2D eigenvalue weighted by Gasteiger charge is -2.47. The number of carbonyl (C=O) groups excluding carboxylic acids is 1. The first-order valence-electron chi connectivity index (χ1n) is 8.77. The molecule has 0 aromatic heterocycles. The average molecular weight is 420 g/mol. The number of sulfonamides is 1. The van der Waals surface area contributed by atoms with Crippen molar-refractivity contribution in [3.63, 3.8) is 0 Å². The number of Topliss-reactive ketones (excluding diaryl/α,β-unsaturated/α-hetero) is 1. The Kier molecular flexibility index (Phi) is 5.17. The fraction of sp³-hybridized carbons (Fsp3) is 0.286. The van der Waals surface area contributed by atoms with Crippen LogP contribution in [0.5, 0.6) is 0 Å². The molecule has 0 bridgehead atoms. The van der Waals surface area contributed by atoms with E-state index in [1.165, 1.54) is 12.1 Å². The van der Waals surface area contributed by atoms with E-state index < -0.39 is 33.4 Å². The Balaban J connectivity index is 2.26. The molecule has 2 aromatic rings. The second kappa shape index (κ2) is 7.03. The molecule has 0 spiro atoms. The minimum Gasteiger partial charge on any atom is -0.383 e. The van der Waals surface area contributed by atoms with Gasteiger partial charge in [0.05, 0.1) is 10.3 Å². The van der Waals surface area contributed by atoms with Crippen molar-refractivity contribution in [2.24, 2.45) is 5.41 Å². The maximum absolute atomic E-state index is 13.5. The van der Waals surface area contributed by atoms with Gasteiger partial charge in [-0.2, -0.15) is 0 Å². The molecule has 2 aromatic carbocycles. The third-order valence-corrected chi connectivity index (χ3v) is 7.40. The molecule has 0 aliphatic carbocycles. The predicted octanol–water partition coefficient (Wildman–Crippen LogP) is 3.86. The van der Waals surface area contributed by atoms with Gasteiger partial charge < -0.3 is 5.11 Å². The average Bonchev–Trinajstić information content (AvgIpc) is 2.64. The van der Waals surface area contributed by atoms with Crippen molar-refractivity contribution in [2.45, 2.75) is 37.8 Å². The Morgan fingerprint density at radius 2 is 1.68 bits per heavy atom. The molecule has 1 N–H and O–H groups in total. The topological polar surface area (TPSA) is 74.7 Å². The smallest absolute Gasteiger partial charge is 0.264 e. The summed E-state index contributed by atoms with van der Waals surface area (Å²) in [6, 6.07) is 11.7. The number of aryl methyl sites for hydroxylation is 1. The predicted molar refractivity (Wildman–Crippen MR) is 108 cm³/mol. The number of halogens is 1. The zero-order valence-corrected chi connectivity index (χ0v) is 17.5. The van der Waals surface area contributed by atoms with Gasteiger partial charge in [0.1, 0.15) is 12.1 Å². The zero-order chi connectivity index (χ0) is 20.9. The number of hydrogen-bond acceptors (Lipinski definition) is 4. The number of carbonyl (C=O) groups is 1. The van der Waals surface area contributed by atoms with E-state index in [1.54, 1.807) is 50.2 Å². The van der Waals surface area contributed by atoms with Gasteiger partial charge in [-0.25, -0.2) is 8.42 Å². The molecule has 1 heterocycles. The second-order valence-corrected chi connectivity index (χ2v) is 9.68. The van der Waals surface area contributed by atoms with Crippen molar-refractivity contribution in [1.82, 2.24) is 4.31 Å². The van der Waals surface area contributed by atoms with Gasteiger partial charge in [0.25, 0.3) is 10.0 Å². The van der Waals surface area contributed by atoms with Crippen molar-refractivity contribution in [1.29, 1.82) is 0 Å². The molecular weight excluding hydrogens is 398 g/mol. The Bertz CT molecular complexity index is 1040. The van der Waals surface area contributed by atoms with Crippen LogP contribution < -0.4 is 0 Å². The number of hydrogen-bond donors (Lipinski definition) is 1. The van der Waals surface area contributed by atoms with Crippen LogP contribution in [0.1, 0.15) is 31.0 Å². The fourth-order valence-electron chi connectivity index (χ4n) is 3.36. The third kappa shape index (κ3) is 3.15. The highest BCUT2D eigenvalue weighted by molar-refractivity contribution is 7.89. The molecule has 0 amide bonds. The summed E-state index contributed by atoms with van der Waals surface area (Å²) in [6.07, 6.45) is -1.58. The molecule has 1 fully saturated rings. The Morgan fingerprint density at radius 1 is 1.11 bits per heavy atom. The van der Waals surface area contributed by atoms with E-state index in [0.717, 1.165) is 9.87 Å². The number of rotatable bonds is 3. The lowest BCUT2D eigenvalue weighted by molar-refractivity contribution is -0.141. The summed E-state index contributed by atoms with van der Waals surface area (Å²) in [6.45, 7) is 8.89. The Labute approximate surface area is 170 Å². The van der Waals surface area contributed by atoms with Crippen LogP contribution in [-0.2, 0) is 14.8 Å². The summed E-state index contributed by atoms with van der Waals surface area (Å²) >= 11 is 6.30. The minimum atomic E-state index is -4.11. The SMILES string of the molecule is C=C1N(S(=O)(=O)c2ccc(C)cc2)[C@@H](c2ccccc2Cl)[C@H](O)C(=O)C1(C)C. The molecule has 0 unspecified atom stereocenters. The number of benzene rings is 2. The fourth-order valence-corrected chi connectivity index (χ4v) is 5.36. The molecule has 3 rings (SSSR count). The first-order chi connectivity index (χ1) is 13.0. The van der Waals surface area contributed by atoms with E-state index in [4.69, 9.17) is 11.6 Å². The third-order valence-electron chi connectivity index (χ3n) is 5.23. The Morgan fingerprint density at radius 3 is 2.25 bits per heavy atom. The quantitative estimate of drug-likeness (QED) is 0.819. The van der Waals surface area contributed by atoms with Crippen LogP contribution in [0.2, 0.25) is 5.02 Å². The molecule has 0 saturated carbocycles. The van der Waals surface area contributed by atoms with E-state index >= 15 is 0 Å². The normalized spacial score (nSPS) is 22.4. The standard InChI is InChI=1S/C21H22ClNO4S/c1-13-9-11-15(12-10-13)28(26,27)23-14(2)21(3,4)20(25)19(24)18(23)16-7-5-6-8-17(16)22/h5-12,18-19,24H,2H2,1,3-4H3/t18-,19-/m0/s1. The number of piperidine rings is 1. The molecule has 148 valence electrons. The molecule has 1 aliphatic rings. The monoisotopic (exact) mass is 419 g/mol. The van der Waals surface area contributed by atoms with Gasteiger partial charge in [0.15, 0.2) is 5.78 Å². The largest absolute Gasteiger partial charge is 0.383 e. The summed E-state index contributed by atoms with van der Waals surface area (Å²) in [5, 5.41) is 11.1. The highest BCUT2D eigenvalue weighted by Crippen LogP contribution is 2.47. The van der Waals surface area contributed by atoms with Crippen molar-refractivity contribution in [3.8, 4) is 0 Å². The van der Waals surface area contributed by atoms with E-state index in [1.807, 2.05) is 6.92 Å². The zero-order valence-electron chi connectivity index (χ0n) is 15.9. The first kappa shape index (κ1) is 20.6.